The van der Waals surface area contributed by atoms with Crippen LogP contribution in [0.5, 0.6) is 0 Å². The van der Waals surface area contributed by atoms with Crippen LogP contribution in [0.25, 0.3) is 10.7 Å². The van der Waals surface area contributed by atoms with Gasteiger partial charge in [-0.2, -0.15) is 0 Å². The van der Waals surface area contributed by atoms with Crippen LogP contribution >= 0.6 is 23.1 Å². The van der Waals surface area contributed by atoms with Crippen molar-refractivity contribution in [2.45, 2.75) is 63.4 Å². The van der Waals surface area contributed by atoms with Crippen molar-refractivity contribution in [3.63, 3.8) is 0 Å². The minimum atomic E-state index is 0.0491. The zero-order valence-corrected chi connectivity index (χ0v) is 16.9. The molecule has 1 saturated heterocycles. The number of hydrogen-bond acceptors (Lipinski definition) is 6. The van der Waals surface area contributed by atoms with Gasteiger partial charge in [-0.1, -0.05) is 31.7 Å². The lowest BCUT2D eigenvalue weighted by atomic mass is 10.2. The summed E-state index contributed by atoms with van der Waals surface area (Å²) in [5.74, 6) is 1.26. The van der Waals surface area contributed by atoms with E-state index in [4.69, 9.17) is 4.74 Å². The molecule has 1 fully saturated rings. The topological polar surface area (TPSA) is 69.0 Å². The van der Waals surface area contributed by atoms with E-state index >= 15 is 0 Å². The normalized spacial score (nSPS) is 17.1. The van der Waals surface area contributed by atoms with E-state index in [1.807, 2.05) is 11.4 Å². The van der Waals surface area contributed by atoms with Crippen molar-refractivity contribution >= 4 is 29.0 Å². The van der Waals surface area contributed by atoms with Gasteiger partial charge in [0.25, 0.3) is 0 Å². The van der Waals surface area contributed by atoms with Crippen molar-refractivity contribution in [3.8, 4) is 10.7 Å². The van der Waals surface area contributed by atoms with Gasteiger partial charge in [-0.3, -0.25) is 9.36 Å². The Morgan fingerprint density at radius 1 is 1.46 bits per heavy atom. The maximum Gasteiger partial charge on any atom is 0.230 e. The molecule has 2 aromatic rings. The fraction of sp³-hybridized carbons (Fsp3) is 0.611. The van der Waals surface area contributed by atoms with Crippen molar-refractivity contribution in [2.24, 2.45) is 0 Å². The molecule has 0 radical (unpaired) electrons. The summed E-state index contributed by atoms with van der Waals surface area (Å²) in [6.07, 6.45) is 4.25. The van der Waals surface area contributed by atoms with Crippen LogP contribution in [-0.4, -0.2) is 45.2 Å². The van der Waals surface area contributed by atoms with Gasteiger partial charge in [0.05, 0.1) is 23.3 Å². The Morgan fingerprint density at radius 2 is 2.31 bits per heavy atom. The van der Waals surface area contributed by atoms with Crippen molar-refractivity contribution in [3.05, 3.63) is 17.5 Å². The third kappa shape index (κ3) is 4.86. The fourth-order valence-electron chi connectivity index (χ4n) is 3.03. The minimum absolute atomic E-state index is 0.0491. The van der Waals surface area contributed by atoms with Gasteiger partial charge in [-0.25, -0.2) is 0 Å². The van der Waals surface area contributed by atoms with E-state index in [0.29, 0.717) is 5.75 Å². The number of rotatable bonds is 9. The average Bonchev–Trinajstić information content (AvgIpc) is 3.40. The minimum Gasteiger partial charge on any atom is -0.376 e. The molecule has 3 rings (SSSR count). The van der Waals surface area contributed by atoms with Crippen LogP contribution in [0, 0.1) is 0 Å². The zero-order chi connectivity index (χ0) is 18.4. The standard InChI is InChI=1S/C18H26N4O2S2/c1-3-13(4-2)19-16(23)12-26-18-21-20-17(15-8-6-10-25-15)22(18)11-14-7-5-9-24-14/h6,8,10,13-14H,3-5,7,9,11-12H2,1-2H3,(H,19,23). The van der Waals surface area contributed by atoms with Crippen LogP contribution in [0.1, 0.15) is 39.5 Å². The first-order valence-electron chi connectivity index (χ1n) is 9.22. The lowest BCUT2D eigenvalue weighted by molar-refractivity contribution is -0.119. The molecule has 1 unspecified atom stereocenters. The van der Waals surface area contributed by atoms with Crippen molar-refractivity contribution in [1.29, 1.82) is 0 Å². The summed E-state index contributed by atoms with van der Waals surface area (Å²) in [6.45, 7) is 5.73. The van der Waals surface area contributed by atoms with Crippen LogP contribution < -0.4 is 5.32 Å². The number of thioether (sulfide) groups is 1. The summed E-state index contributed by atoms with van der Waals surface area (Å²) >= 11 is 3.09. The largest absolute Gasteiger partial charge is 0.376 e. The highest BCUT2D eigenvalue weighted by Crippen LogP contribution is 2.29. The molecule has 6 nitrogen and oxygen atoms in total. The van der Waals surface area contributed by atoms with E-state index in [1.54, 1.807) is 11.3 Å². The van der Waals surface area contributed by atoms with E-state index < -0.39 is 0 Å². The Hall–Kier alpha value is -1.38. The number of thiophene rings is 1. The Balaban J connectivity index is 1.70. The molecule has 0 spiro atoms. The maximum atomic E-state index is 12.2. The lowest BCUT2D eigenvalue weighted by Gasteiger charge is -2.15. The fourth-order valence-corrected chi connectivity index (χ4v) is 4.51. The van der Waals surface area contributed by atoms with E-state index in [0.717, 1.165) is 54.7 Å². The van der Waals surface area contributed by atoms with Gasteiger partial charge in [0, 0.05) is 12.6 Å². The molecule has 1 atom stereocenters. The molecule has 1 amide bonds. The summed E-state index contributed by atoms with van der Waals surface area (Å²) in [7, 11) is 0. The molecule has 1 aliphatic heterocycles. The van der Waals surface area contributed by atoms with E-state index in [2.05, 4.69) is 40.0 Å². The Morgan fingerprint density at radius 3 is 2.96 bits per heavy atom. The molecule has 142 valence electrons. The molecule has 8 heteroatoms. The zero-order valence-electron chi connectivity index (χ0n) is 15.3. The SMILES string of the molecule is CCC(CC)NC(=O)CSc1nnc(-c2cccs2)n1CC1CCCO1. The first-order valence-corrected chi connectivity index (χ1v) is 11.1. The molecule has 26 heavy (non-hydrogen) atoms. The van der Waals surface area contributed by atoms with Crippen LogP contribution in [-0.2, 0) is 16.1 Å². The number of nitrogens with zero attached hydrogens (tertiary/aromatic N) is 3. The van der Waals surface area contributed by atoms with Gasteiger partial charge >= 0.3 is 0 Å². The smallest absolute Gasteiger partial charge is 0.230 e. The Bertz CT molecular complexity index is 692. The van der Waals surface area contributed by atoms with E-state index in [9.17, 15) is 4.79 Å². The highest BCUT2D eigenvalue weighted by Gasteiger charge is 2.22. The highest BCUT2D eigenvalue weighted by molar-refractivity contribution is 7.99. The summed E-state index contributed by atoms with van der Waals surface area (Å²) in [5.41, 5.74) is 0. The van der Waals surface area contributed by atoms with Crippen LogP contribution in [0.4, 0.5) is 0 Å². The number of amides is 1. The molecule has 3 heterocycles. The van der Waals surface area contributed by atoms with Crippen LogP contribution in [0.3, 0.4) is 0 Å². The van der Waals surface area contributed by atoms with Crippen LogP contribution in [0.15, 0.2) is 22.7 Å². The monoisotopic (exact) mass is 394 g/mol. The quantitative estimate of drug-likeness (QED) is 0.658. The third-order valence-electron chi connectivity index (χ3n) is 4.55. The molecule has 0 aromatic carbocycles. The number of ether oxygens (including phenoxy) is 1. The summed E-state index contributed by atoms with van der Waals surface area (Å²) in [6, 6.07) is 4.31. The number of carbonyl (C=O) groups is 1. The molecule has 0 aliphatic carbocycles. The van der Waals surface area contributed by atoms with Gasteiger partial charge in [-0.05, 0) is 37.1 Å². The molecule has 2 aromatic heterocycles. The predicted molar refractivity (Wildman–Crippen MR) is 106 cm³/mol. The summed E-state index contributed by atoms with van der Waals surface area (Å²) < 4.78 is 7.91. The van der Waals surface area contributed by atoms with Gasteiger partial charge in [0.15, 0.2) is 11.0 Å². The molecular weight excluding hydrogens is 368 g/mol. The summed E-state index contributed by atoms with van der Waals surface area (Å²) in [5, 5.41) is 14.6. The first kappa shape index (κ1) is 19.4. The second kappa shape index (κ2) is 9.53. The first-order chi connectivity index (χ1) is 12.7. The van der Waals surface area contributed by atoms with Crippen LogP contribution in [0.2, 0.25) is 0 Å². The second-order valence-electron chi connectivity index (χ2n) is 6.40. The highest BCUT2D eigenvalue weighted by atomic mass is 32.2. The Kier molecular flexibility index (Phi) is 7.10. The predicted octanol–water partition coefficient (Wildman–Crippen LogP) is 3.58. The molecular formula is C18H26N4O2S2. The molecule has 0 saturated carbocycles. The van der Waals surface area contributed by atoms with Gasteiger partial charge in [0.1, 0.15) is 0 Å². The average molecular weight is 395 g/mol. The second-order valence-corrected chi connectivity index (χ2v) is 8.29. The van der Waals surface area contributed by atoms with Gasteiger partial charge < -0.3 is 10.1 Å². The van der Waals surface area contributed by atoms with E-state index in [1.165, 1.54) is 11.8 Å². The number of nitrogens with one attached hydrogen (secondary N) is 1. The number of carbonyl (C=O) groups excluding carboxylic acids is 1. The number of aromatic nitrogens is 3. The molecule has 1 N–H and O–H groups in total. The molecule has 1 aliphatic rings. The number of hydrogen-bond donors (Lipinski definition) is 1. The lowest BCUT2D eigenvalue weighted by Crippen LogP contribution is -2.35. The Labute approximate surface area is 162 Å². The van der Waals surface area contributed by atoms with Gasteiger partial charge in [0.2, 0.25) is 5.91 Å². The van der Waals surface area contributed by atoms with Crippen molar-refractivity contribution < 1.29 is 9.53 Å². The summed E-state index contributed by atoms with van der Waals surface area (Å²) in [4.78, 5) is 13.3. The third-order valence-corrected chi connectivity index (χ3v) is 6.38. The van der Waals surface area contributed by atoms with Crippen molar-refractivity contribution in [1.82, 2.24) is 20.1 Å². The van der Waals surface area contributed by atoms with Gasteiger partial charge in [-0.15, -0.1) is 21.5 Å². The van der Waals surface area contributed by atoms with E-state index in [-0.39, 0.29) is 18.1 Å². The maximum absolute atomic E-state index is 12.2. The molecule has 0 bridgehead atoms. The van der Waals surface area contributed by atoms with Crippen molar-refractivity contribution in [2.75, 3.05) is 12.4 Å².